The Labute approximate surface area is 196 Å². The van der Waals surface area contributed by atoms with Crippen LogP contribution in [0.5, 0.6) is 5.75 Å². The highest BCUT2D eigenvalue weighted by Gasteiger charge is 2.26. The number of carbonyl (C=O) groups excluding carboxylic acids is 1. The van der Waals surface area contributed by atoms with Crippen molar-refractivity contribution in [3.05, 3.63) is 81.7 Å². The van der Waals surface area contributed by atoms with E-state index in [4.69, 9.17) is 21.1 Å². The minimum atomic E-state index is -0.748. The Balaban J connectivity index is 2.04. The van der Waals surface area contributed by atoms with Crippen LogP contribution in [0.15, 0.2) is 53.6 Å². The monoisotopic (exact) mass is 473 g/mol. The van der Waals surface area contributed by atoms with E-state index in [0.29, 0.717) is 18.2 Å². The van der Waals surface area contributed by atoms with Crippen molar-refractivity contribution in [1.82, 2.24) is 9.55 Å². The van der Waals surface area contributed by atoms with Gasteiger partial charge in [0.25, 0.3) is 5.56 Å². The van der Waals surface area contributed by atoms with Crippen LogP contribution in [0.25, 0.3) is 5.69 Å². The van der Waals surface area contributed by atoms with E-state index in [2.05, 4.69) is 10.3 Å². The second-order valence-electron chi connectivity index (χ2n) is 7.83. The van der Waals surface area contributed by atoms with Crippen LogP contribution in [0.1, 0.15) is 35.3 Å². The number of anilines is 1. The van der Waals surface area contributed by atoms with Gasteiger partial charge in [-0.2, -0.15) is 0 Å². The molecule has 0 bridgehead atoms. The van der Waals surface area contributed by atoms with Crippen molar-refractivity contribution in [3.63, 3.8) is 0 Å². The maximum absolute atomic E-state index is 14.5. The van der Waals surface area contributed by atoms with Crippen LogP contribution in [0, 0.1) is 12.7 Å². The van der Waals surface area contributed by atoms with Crippen molar-refractivity contribution in [2.24, 2.45) is 0 Å². The van der Waals surface area contributed by atoms with Gasteiger partial charge in [0.1, 0.15) is 18.2 Å². The lowest BCUT2D eigenvalue weighted by Gasteiger charge is -2.29. The average Bonchev–Trinajstić information content (AvgIpc) is 2.80. The Morgan fingerprint density at radius 1 is 1.27 bits per heavy atom. The maximum Gasteiger partial charge on any atom is 0.338 e. The van der Waals surface area contributed by atoms with E-state index in [-0.39, 0.29) is 22.6 Å². The van der Waals surface area contributed by atoms with Crippen LogP contribution < -0.4 is 15.6 Å². The second-order valence-corrected chi connectivity index (χ2v) is 8.21. The zero-order chi connectivity index (χ0) is 24.2. The smallest absolute Gasteiger partial charge is 0.338 e. The van der Waals surface area contributed by atoms with Crippen molar-refractivity contribution >= 4 is 23.4 Å². The van der Waals surface area contributed by atoms with Gasteiger partial charge < -0.3 is 14.8 Å². The summed E-state index contributed by atoms with van der Waals surface area (Å²) in [6.45, 7) is 5.64. The molecule has 0 saturated carbocycles. The quantitative estimate of drug-likeness (QED) is 0.385. The molecule has 7 nitrogen and oxygen atoms in total. The van der Waals surface area contributed by atoms with Gasteiger partial charge in [-0.05, 0) is 39.0 Å². The lowest BCUT2D eigenvalue weighted by Crippen LogP contribution is -2.34. The molecule has 0 aliphatic rings. The van der Waals surface area contributed by atoms with Crippen LogP contribution >= 0.6 is 11.6 Å². The van der Waals surface area contributed by atoms with Gasteiger partial charge in [-0.25, -0.2) is 14.2 Å². The molecular weight excluding hydrogens is 449 g/mol. The molecule has 0 radical (unpaired) electrons. The molecule has 1 heterocycles. The van der Waals surface area contributed by atoms with E-state index in [1.807, 2.05) is 38.1 Å². The molecule has 1 N–H and O–H groups in total. The van der Waals surface area contributed by atoms with E-state index in [1.165, 1.54) is 37.1 Å². The predicted molar refractivity (Wildman–Crippen MR) is 125 cm³/mol. The van der Waals surface area contributed by atoms with Crippen LogP contribution in [-0.4, -0.2) is 35.1 Å². The summed E-state index contributed by atoms with van der Waals surface area (Å²) in [5.74, 6) is -0.302. The van der Waals surface area contributed by atoms with E-state index < -0.39 is 22.9 Å². The third-order valence-electron chi connectivity index (χ3n) is 5.16. The summed E-state index contributed by atoms with van der Waals surface area (Å²) in [7, 11) is 1.21. The molecule has 33 heavy (non-hydrogen) atoms. The van der Waals surface area contributed by atoms with Gasteiger partial charge in [0.05, 0.1) is 29.8 Å². The molecular formula is C24H25ClFN3O4. The van der Waals surface area contributed by atoms with Gasteiger partial charge in [-0.15, -0.1) is 11.6 Å². The summed E-state index contributed by atoms with van der Waals surface area (Å²) in [4.78, 5) is 29.4. The highest BCUT2D eigenvalue weighted by atomic mass is 35.5. The summed E-state index contributed by atoms with van der Waals surface area (Å²) in [5, 5.41) is 3.17. The number of ether oxygens (including phenoxy) is 2. The van der Waals surface area contributed by atoms with Gasteiger partial charge in [0.2, 0.25) is 0 Å². The number of carbonyl (C=O) groups is 1. The van der Waals surface area contributed by atoms with Gasteiger partial charge in [0, 0.05) is 23.5 Å². The predicted octanol–water partition coefficient (Wildman–Crippen LogP) is 4.43. The van der Waals surface area contributed by atoms with Gasteiger partial charge in [-0.3, -0.25) is 9.36 Å². The average molecular weight is 474 g/mol. The number of benzene rings is 2. The lowest BCUT2D eigenvalue weighted by molar-refractivity contribution is 0.0600. The third-order valence-corrected chi connectivity index (χ3v) is 5.32. The van der Waals surface area contributed by atoms with Crippen LogP contribution in [-0.2, 0) is 10.3 Å². The normalized spacial score (nSPS) is 11.2. The Morgan fingerprint density at radius 2 is 2.00 bits per heavy atom. The molecule has 0 aliphatic heterocycles. The minimum Gasteiger partial charge on any atom is -0.492 e. The molecule has 0 spiro atoms. The largest absolute Gasteiger partial charge is 0.492 e. The number of methoxy groups -OCH3 is 1. The highest BCUT2D eigenvalue weighted by Crippen LogP contribution is 2.32. The van der Waals surface area contributed by atoms with Crippen molar-refractivity contribution in [2.75, 3.05) is 24.9 Å². The zero-order valence-electron chi connectivity index (χ0n) is 18.8. The first-order chi connectivity index (χ1) is 15.7. The standard InChI is InChI=1S/C24H25ClFN3O4/c1-15-18(26)13-16(23(31)32-4)14-19(15)29-11-10-27-21(22(29)30)28-24(2,3)17-7-5-6-8-20(17)33-12-9-25/h5-8,10-11,13-14H,9,12H2,1-4H3,(H,27,28). The van der Waals surface area contributed by atoms with Gasteiger partial charge in [-0.1, -0.05) is 18.2 Å². The molecule has 0 atom stereocenters. The third kappa shape index (κ3) is 5.17. The fourth-order valence-electron chi connectivity index (χ4n) is 3.46. The first kappa shape index (κ1) is 24.3. The first-order valence-corrected chi connectivity index (χ1v) is 10.8. The summed E-state index contributed by atoms with van der Waals surface area (Å²) in [6.07, 6.45) is 2.85. The number of halogens is 2. The molecule has 174 valence electrons. The number of rotatable bonds is 8. The Bertz CT molecular complexity index is 1230. The first-order valence-electron chi connectivity index (χ1n) is 10.2. The van der Waals surface area contributed by atoms with Crippen molar-refractivity contribution < 1.29 is 18.7 Å². The minimum absolute atomic E-state index is 0.000445. The number of para-hydroxylation sites is 1. The van der Waals surface area contributed by atoms with Crippen LogP contribution in [0.4, 0.5) is 10.2 Å². The fourth-order valence-corrected chi connectivity index (χ4v) is 3.54. The molecule has 3 rings (SSSR count). The fraction of sp³-hybridized carbons (Fsp3) is 0.292. The molecule has 2 aromatic carbocycles. The summed E-state index contributed by atoms with van der Waals surface area (Å²) in [5.41, 5.74) is -0.0199. The van der Waals surface area contributed by atoms with Crippen LogP contribution in [0.2, 0.25) is 0 Å². The van der Waals surface area contributed by atoms with Crippen LogP contribution in [0.3, 0.4) is 0 Å². The lowest BCUT2D eigenvalue weighted by atomic mass is 9.93. The summed E-state index contributed by atoms with van der Waals surface area (Å²) >= 11 is 5.76. The number of hydrogen-bond donors (Lipinski definition) is 1. The van der Waals surface area contributed by atoms with E-state index in [1.54, 1.807) is 0 Å². The molecule has 9 heteroatoms. The zero-order valence-corrected chi connectivity index (χ0v) is 19.6. The number of aromatic nitrogens is 2. The van der Waals surface area contributed by atoms with Crippen molar-refractivity contribution in [3.8, 4) is 11.4 Å². The molecule has 0 fully saturated rings. The number of nitrogens with one attached hydrogen (secondary N) is 1. The van der Waals surface area contributed by atoms with Gasteiger partial charge >= 0.3 is 5.97 Å². The molecule has 1 aromatic heterocycles. The molecule has 3 aromatic rings. The van der Waals surface area contributed by atoms with Gasteiger partial charge in [0.15, 0.2) is 5.82 Å². The Hall–Kier alpha value is -3.39. The molecule has 0 aliphatic carbocycles. The number of alkyl halides is 1. The Morgan fingerprint density at radius 3 is 2.70 bits per heavy atom. The number of esters is 1. The SMILES string of the molecule is COC(=O)c1cc(F)c(C)c(-n2ccnc(NC(C)(C)c3ccccc3OCCCl)c2=O)c1. The van der Waals surface area contributed by atoms with Crippen molar-refractivity contribution in [2.45, 2.75) is 26.3 Å². The van der Waals surface area contributed by atoms with Crippen molar-refractivity contribution in [1.29, 1.82) is 0 Å². The summed E-state index contributed by atoms with van der Waals surface area (Å²) in [6, 6.07) is 9.92. The number of nitrogens with zero attached hydrogens (tertiary/aromatic N) is 2. The second kappa shape index (κ2) is 10.0. The summed E-state index contributed by atoms with van der Waals surface area (Å²) < 4.78 is 26.2. The Kier molecular flexibility index (Phi) is 7.38. The highest BCUT2D eigenvalue weighted by molar-refractivity contribution is 6.18. The topological polar surface area (TPSA) is 82.5 Å². The van der Waals surface area contributed by atoms with E-state index in [9.17, 15) is 14.0 Å². The van der Waals surface area contributed by atoms with E-state index >= 15 is 0 Å². The molecule has 0 amide bonds. The van der Waals surface area contributed by atoms with E-state index in [0.717, 1.165) is 11.6 Å². The maximum atomic E-state index is 14.5. The number of hydrogen-bond acceptors (Lipinski definition) is 6. The molecule has 0 unspecified atom stereocenters. The molecule has 0 saturated heterocycles.